The summed E-state index contributed by atoms with van der Waals surface area (Å²) >= 11 is 0. The Morgan fingerprint density at radius 2 is 1.85 bits per heavy atom. The fraction of sp³-hybridized carbons (Fsp3) is 0.556. The molecular formula is C18H25FN2O5S. The largest absolute Gasteiger partial charge is 0.452 e. The van der Waals surface area contributed by atoms with Crippen molar-refractivity contribution in [3.63, 3.8) is 0 Å². The van der Waals surface area contributed by atoms with Gasteiger partial charge in [0.05, 0.1) is 5.56 Å². The Labute approximate surface area is 158 Å². The van der Waals surface area contributed by atoms with Crippen molar-refractivity contribution in [3.05, 3.63) is 29.6 Å². The minimum absolute atomic E-state index is 0.104. The van der Waals surface area contributed by atoms with Crippen molar-refractivity contribution in [2.75, 3.05) is 19.7 Å². The maximum atomic E-state index is 14.1. The summed E-state index contributed by atoms with van der Waals surface area (Å²) in [6.07, 6.45) is 3.93. The van der Waals surface area contributed by atoms with Gasteiger partial charge in [0.2, 0.25) is 10.0 Å². The zero-order valence-corrected chi connectivity index (χ0v) is 16.4. The van der Waals surface area contributed by atoms with Crippen LogP contribution in [-0.2, 0) is 19.6 Å². The van der Waals surface area contributed by atoms with E-state index in [1.807, 2.05) is 0 Å². The van der Waals surface area contributed by atoms with Crippen molar-refractivity contribution >= 4 is 21.9 Å². The number of nitrogens with one attached hydrogen (secondary N) is 1. The first-order chi connectivity index (χ1) is 12.8. The van der Waals surface area contributed by atoms with Gasteiger partial charge in [-0.3, -0.25) is 4.79 Å². The topological polar surface area (TPSA) is 92.8 Å². The highest BCUT2D eigenvalue weighted by molar-refractivity contribution is 7.89. The van der Waals surface area contributed by atoms with Crippen molar-refractivity contribution in [2.24, 2.45) is 0 Å². The molecule has 0 atom stereocenters. The normalized spacial score (nSPS) is 15.1. The van der Waals surface area contributed by atoms with Gasteiger partial charge in [-0.2, -0.15) is 4.31 Å². The van der Waals surface area contributed by atoms with Crippen LogP contribution in [0.15, 0.2) is 23.1 Å². The molecule has 0 aliphatic heterocycles. The van der Waals surface area contributed by atoms with Crippen LogP contribution in [0.4, 0.5) is 4.39 Å². The number of nitrogens with zero attached hydrogens (tertiary/aromatic N) is 1. The number of carbonyl (C=O) groups is 2. The average molecular weight is 400 g/mol. The SMILES string of the molecule is CCN(CC)S(=O)(=O)c1cc(C(=O)OCC(=O)NC2CCCC2)ccc1F. The molecule has 150 valence electrons. The second-order valence-corrected chi connectivity index (χ2v) is 8.27. The first kappa shape index (κ1) is 21.3. The zero-order valence-electron chi connectivity index (χ0n) is 15.5. The highest BCUT2D eigenvalue weighted by atomic mass is 32.2. The average Bonchev–Trinajstić information content (AvgIpc) is 3.13. The predicted molar refractivity (Wildman–Crippen MR) is 97.2 cm³/mol. The van der Waals surface area contributed by atoms with E-state index >= 15 is 0 Å². The first-order valence-corrected chi connectivity index (χ1v) is 10.5. The van der Waals surface area contributed by atoms with E-state index in [9.17, 15) is 22.4 Å². The lowest BCUT2D eigenvalue weighted by Gasteiger charge is -2.19. The van der Waals surface area contributed by atoms with Gasteiger partial charge < -0.3 is 10.1 Å². The molecule has 1 N–H and O–H groups in total. The molecule has 0 saturated heterocycles. The van der Waals surface area contributed by atoms with Gasteiger partial charge in [-0.1, -0.05) is 26.7 Å². The molecule has 1 aliphatic rings. The zero-order chi connectivity index (χ0) is 20.0. The highest BCUT2D eigenvalue weighted by Crippen LogP contribution is 2.21. The molecule has 0 spiro atoms. The Hall–Kier alpha value is -2.00. The number of ether oxygens (including phenoxy) is 1. The van der Waals surface area contributed by atoms with E-state index in [2.05, 4.69) is 5.32 Å². The minimum Gasteiger partial charge on any atom is -0.452 e. The second kappa shape index (κ2) is 9.27. The third-order valence-corrected chi connectivity index (χ3v) is 6.61. The molecule has 1 aliphatic carbocycles. The maximum absolute atomic E-state index is 14.1. The van der Waals surface area contributed by atoms with Crippen LogP contribution in [0.2, 0.25) is 0 Å². The van der Waals surface area contributed by atoms with Crippen molar-refractivity contribution in [2.45, 2.75) is 50.5 Å². The number of halogens is 1. The molecule has 27 heavy (non-hydrogen) atoms. The molecule has 0 aromatic heterocycles. The fourth-order valence-electron chi connectivity index (χ4n) is 3.08. The summed E-state index contributed by atoms with van der Waals surface area (Å²) < 4.78 is 45.2. The smallest absolute Gasteiger partial charge is 0.338 e. The number of rotatable bonds is 8. The van der Waals surface area contributed by atoms with Crippen LogP contribution in [0.5, 0.6) is 0 Å². The van der Waals surface area contributed by atoms with Gasteiger partial charge in [0, 0.05) is 19.1 Å². The van der Waals surface area contributed by atoms with Crippen LogP contribution in [0.1, 0.15) is 49.9 Å². The maximum Gasteiger partial charge on any atom is 0.338 e. The third-order valence-electron chi connectivity index (χ3n) is 4.54. The van der Waals surface area contributed by atoms with Crippen LogP contribution in [-0.4, -0.2) is 50.3 Å². The molecule has 7 nitrogen and oxygen atoms in total. The summed E-state index contributed by atoms with van der Waals surface area (Å²) in [6, 6.07) is 3.09. The number of esters is 1. The number of sulfonamides is 1. The van der Waals surface area contributed by atoms with Crippen LogP contribution in [0.25, 0.3) is 0 Å². The lowest BCUT2D eigenvalue weighted by molar-refractivity contribution is -0.124. The molecule has 1 aromatic rings. The molecule has 0 heterocycles. The quantitative estimate of drug-likeness (QED) is 0.675. The summed E-state index contributed by atoms with van der Waals surface area (Å²) in [5.41, 5.74) is -0.129. The molecule has 0 radical (unpaired) electrons. The van der Waals surface area contributed by atoms with Crippen molar-refractivity contribution in [1.29, 1.82) is 0 Å². The summed E-state index contributed by atoms with van der Waals surface area (Å²) in [5, 5.41) is 2.78. The lowest BCUT2D eigenvalue weighted by atomic mass is 10.2. The third kappa shape index (κ3) is 5.26. The Balaban J connectivity index is 2.07. The van der Waals surface area contributed by atoms with Crippen molar-refractivity contribution in [1.82, 2.24) is 9.62 Å². The standard InChI is InChI=1S/C18H25FN2O5S/c1-3-21(4-2)27(24,25)16-11-13(9-10-15(16)19)18(23)26-12-17(22)20-14-7-5-6-8-14/h9-11,14H,3-8,12H2,1-2H3,(H,20,22). The number of hydrogen-bond acceptors (Lipinski definition) is 5. The van der Waals surface area contributed by atoms with E-state index in [1.54, 1.807) is 13.8 Å². The summed E-state index contributed by atoms with van der Waals surface area (Å²) in [7, 11) is -4.06. The number of carbonyl (C=O) groups excluding carboxylic acids is 2. The second-order valence-electron chi connectivity index (χ2n) is 6.36. The highest BCUT2D eigenvalue weighted by Gasteiger charge is 2.27. The van der Waals surface area contributed by atoms with Crippen molar-refractivity contribution < 1.29 is 27.1 Å². The lowest BCUT2D eigenvalue weighted by Crippen LogP contribution is -2.36. The Kier molecular flexibility index (Phi) is 7.32. The van der Waals surface area contributed by atoms with E-state index in [0.717, 1.165) is 48.2 Å². The molecule has 0 bridgehead atoms. The van der Waals surface area contributed by atoms with E-state index < -0.39 is 39.2 Å². The summed E-state index contributed by atoms with van der Waals surface area (Å²) in [6.45, 7) is 3.16. The molecule has 9 heteroatoms. The van der Waals surface area contributed by atoms with E-state index in [-0.39, 0.29) is 24.7 Å². The Morgan fingerprint density at radius 3 is 2.44 bits per heavy atom. The van der Waals surface area contributed by atoms with Gasteiger partial charge >= 0.3 is 5.97 Å². The van der Waals surface area contributed by atoms with E-state index in [4.69, 9.17) is 4.74 Å². The monoisotopic (exact) mass is 400 g/mol. The molecule has 2 rings (SSSR count). The van der Waals surface area contributed by atoms with E-state index in [0.29, 0.717) is 0 Å². The molecule has 1 saturated carbocycles. The van der Waals surface area contributed by atoms with Gasteiger partial charge in [0.15, 0.2) is 6.61 Å². The van der Waals surface area contributed by atoms with Gasteiger partial charge in [0.25, 0.3) is 5.91 Å². The Morgan fingerprint density at radius 1 is 1.22 bits per heavy atom. The van der Waals surface area contributed by atoms with Gasteiger partial charge in [-0.05, 0) is 31.0 Å². The molecule has 0 unspecified atom stereocenters. The molecular weight excluding hydrogens is 375 g/mol. The minimum atomic E-state index is -4.06. The first-order valence-electron chi connectivity index (χ1n) is 9.05. The van der Waals surface area contributed by atoms with Gasteiger partial charge in [-0.25, -0.2) is 17.6 Å². The predicted octanol–water partition coefficient (Wildman–Crippen LogP) is 2.07. The van der Waals surface area contributed by atoms with Crippen LogP contribution >= 0.6 is 0 Å². The van der Waals surface area contributed by atoms with Gasteiger partial charge in [-0.15, -0.1) is 0 Å². The summed E-state index contributed by atoms with van der Waals surface area (Å²) in [5.74, 6) is -2.24. The molecule has 1 fully saturated rings. The Bertz CT molecular complexity index is 787. The number of benzene rings is 1. The van der Waals surface area contributed by atoms with Gasteiger partial charge in [0.1, 0.15) is 10.7 Å². The molecule has 1 amide bonds. The van der Waals surface area contributed by atoms with Crippen LogP contribution < -0.4 is 5.32 Å². The summed E-state index contributed by atoms with van der Waals surface area (Å²) in [4.78, 5) is 23.4. The van der Waals surface area contributed by atoms with Crippen LogP contribution in [0, 0.1) is 5.82 Å². The van der Waals surface area contributed by atoms with Crippen LogP contribution in [0.3, 0.4) is 0 Å². The fourth-order valence-corrected chi connectivity index (χ4v) is 4.63. The number of amides is 1. The molecule has 1 aromatic carbocycles. The number of hydrogen-bond donors (Lipinski definition) is 1. The van der Waals surface area contributed by atoms with Crippen molar-refractivity contribution in [3.8, 4) is 0 Å². The van der Waals surface area contributed by atoms with E-state index in [1.165, 1.54) is 0 Å².